The molecule has 0 aliphatic heterocycles. The number of halogens is 1. The average Bonchev–Trinajstić information content (AvgIpc) is 2.33. The van der Waals surface area contributed by atoms with Crippen LogP contribution in [-0.2, 0) is 0 Å². The lowest BCUT2D eigenvalue weighted by Crippen LogP contribution is -1.96. The number of ether oxygens (including phenoxy) is 1. The minimum atomic E-state index is 0.653. The van der Waals surface area contributed by atoms with E-state index in [2.05, 4.69) is 4.98 Å². The number of aromatic nitrogens is 1. The summed E-state index contributed by atoms with van der Waals surface area (Å²) in [6, 6.07) is 9.70. The highest BCUT2D eigenvalue weighted by Gasteiger charge is 2.10. The zero-order chi connectivity index (χ0) is 12.4. The van der Waals surface area contributed by atoms with Crippen LogP contribution >= 0.6 is 11.6 Å². The van der Waals surface area contributed by atoms with Gasteiger partial charge in [0.05, 0.1) is 12.8 Å². The second kappa shape index (κ2) is 4.76. The third-order valence-corrected chi connectivity index (χ3v) is 3.16. The minimum absolute atomic E-state index is 0.653. The second-order valence-corrected chi connectivity index (χ2v) is 4.35. The van der Waals surface area contributed by atoms with E-state index in [9.17, 15) is 0 Å². The lowest BCUT2D eigenvalue weighted by molar-refractivity contribution is 0.394. The predicted molar refractivity (Wildman–Crippen MR) is 70.7 cm³/mol. The lowest BCUT2D eigenvalue weighted by atomic mass is 10.1. The molecule has 2 nitrogen and oxygen atoms in total. The molecule has 0 saturated carbocycles. The molecule has 3 heteroatoms. The van der Waals surface area contributed by atoms with Crippen LogP contribution < -0.4 is 4.74 Å². The van der Waals surface area contributed by atoms with E-state index < -0.39 is 0 Å². The minimum Gasteiger partial charge on any atom is -0.481 e. The van der Waals surface area contributed by atoms with Gasteiger partial charge in [0.25, 0.3) is 0 Å². The Balaban J connectivity index is 2.61. The standard InChI is InChI=1S/C14H14ClNO/c1-9-8-13(16-14(17-3)10(9)2)11-6-4-5-7-12(11)15/h4-8H,1-3H3. The molecule has 0 spiro atoms. The van der Waals surface area contributed by atoms with Crippen molar-refractivity contribution in [3.8, 4) is 17.1 Å². The van der Waals surface area contributed by atoms with Gasteiger partial charge in [0.2, 0.25) is 5.88 Å². The van der Waals surface area contributed by atoms with Crippen LogP contribution in [0.1, 0.15) is 11.1 Å². The summed E-state index contributed by atoms with van der Waals surface area (Å²) in [4.78, 5) is 4.48. The van der Waals surface area contributed by atoms with Crippen molar-refractivity contribution in [3.63, 3.8) is 0 Å². The first-order valence-corrected chi connectivity index (χ1v) is 5.78. The molecule has 0 aliphatic carbocycles. The van der Waals surface area contributed by atoms with Crippen molar-refractivity contribution in [3.05, 3.63) is 46.5 Å². The lowest BCUT2D eigenvalue weighted by Gasteiger charge is -2.10. The van der Waals surface area contributed by atoms with Gasteiger partial charge in [0.15, 0.2) is 0 Å². The number of aryl methyl sites for hydroxylation is 1. The fourth-order valence-corrected chi connectivity index (χ4v) is 1.95. The van der Waals surface area contributed by atoms with Crippen LogP contribution in [0.5, 0.6) is 5.88 Å². The van der Waals surface area contributed by atoms with Gasteiger partial charge in [-0.25, -0.2) is 4.98 Å². The van der Waals surface area contributed by atoms with E-state index in [0.29, 0.717) is 10.9 Å². The topological polar surface area (TPSA) is 22.1 Å². The van der Waals surface area contributed by atoms with Gasteiger partial charge in [0.1, 0.15) is 0 Å². The van der Waals surface area contributed by atoms with Crippen molar-refractivity contribution in [2.75, 3.05) is 7.11 Å². The van der Waals surface area contributed by atoms with E-state index in [-0.39, 0.29) is 0 Å². The molecule has 1 aromatic carbocycles. The Morgan fingerprint density at radius 1 is 1.18 bits per heavy atom. The third-order valence-electron chi connectivity index (χ3n) is 2.83. The van der Waals surface area contributed by atoms with Gasteiger partial charge in [0, 0.05) is 16.1 Å². The largest absolute Gasteiger partial charge is 0.481 e. The molecule has 0 N–H and O–H groups in total. The summed E-state index contributed by atoms with van der Waals surface area (Å²) < 4.78 is 5.27. The van der Waals surface area contributed by atoms with Crippen LogP contribution in [0.2, 0.25) is 5.02 Å². The van der Waals surface area contributed by atoms with Gasteiger partial charge in [-0.2, -0.15) is 0 Å². The smallest absolute Gasteiger partial charge is 0.216 e. The number of benzene rings is 1. The highest BCUT2D eigenvalue weighted by Crippen LogP contribution is 2.30. The first-order chi connectivity index (χ1) is 8.13. The number of nitrogens with zero attached hydrogens (tertiary/aromatic N) is 1. The van der Waals surface area contributed by atoms with E-state index in [0.717, 1.165) is 22.4 Å². The number of hydrogen-bond acceptors (Lipinski definition) is 2. The molecule has 88 valence electrons. The summed E-state index contributed by atoms with van der Waals surface area (Å²) in [6.07, 6.45) is 0. The van der Waals surface area contributed by atoms with Gasteiger partial charge in [-0.3, -0.25) is 0 Å². The fraction of sp³-hybridized carbons (Fsp3) is 0.214. The fourth-order valence-electron chi connectivity index (χ4n) is 1.71. The monoisotopic (exact) mass is 247 g/mol. The van der Waals surface area contributed by atoms with Crippen molar-refractivity contribution in [1.29, 1.82) is 0 Å². The van der Waals surface area contributed by atoms with Crippen molar-refractivity contribution in [1.82, 2.24) is 4.98 Å². The number of pyridine rings is 1. The van der Waals surface area contributed by atoms with Crippen LogP contribution in [0.4, 0.5) is 0 Å². The number of hydrogen-bond donors (Lipinski definition) is 0. The molecular formula is C14H14ClNO. The molecule has 1 aromatic heterocycles. The molecule has 0 saturated heterocycles. The molecule has 2 rings (SSSR count). The van der Waals surface area contributed by atoms with E-state index >= 15 is 0 Å². The van der Waals surface area contributed by atoms with Crippen molar-refractivity contribution in [2.24, 2.45) is 0 Å². The molecule has 0 atom stereocenters. The maximum Gasteiger partial charge on any atom is 0.216 e. The van der Waals surface area contributed by atoms with E-state index in [1.165, 1.54) is 0 Å². The highest BCUT2D eigenvalue weighted by atomic mass is 35.5. The average molecular weight is 248 g/mol. The molecule has 17 heavy (non-hydrogen) atoms. The van der Waals surface area contributed by atoms with Crippen LogP contribution in [0.3, 0.4) is 0 Å². The summed E-state index contributed by atoms with van der Waals surface area (Å²) in [5.74, 6) is 0.653. The van der Waals surface area contributed by atoms with Gasteiger partial charge < -0.3 is 4.74 Å². The molecule has 0 radical (unpaired) electrons. The van der Waals surface area contributed by atoms with E-state index in [1.807, 2.05) is 44.2 Å². The second-order valence-electron chi connectivity index (χ2n) is 3.94. The molecule has 0 fully saturated rings. The summed E-state index contributed by atoms with van der Waals surface area (Å²) in [5.41, 5.74) is 3.97. The highest BCUT2D eigenvalue weighted by molar-refractivity contribution is 6.33. The molecule has 2 aromatic rings. The Morgan fingerprint density at radius 2 is 1.88 bits per heavy atom. The quantitative estimate of drug-likeness (QED) is 0.800. The van der Waals surface area contributed by atoms with Gasteiger partial charge in [-0.05, 0) is 31.5 Å². The van der Waals surface area contributed by atoms with Crippen LogP contribution in [-0.4, -0.2) is 12.1 Å². The Bertz CT molecular complexity index is 552. The van der Waals surface area contributed by atoms with E-state index in [4.69, 9.17) is 16.3 Å². The molecule has 1 heterocycles. The molecule has 0 amide bonds. The summed E-state index contributed by atoms with van der Waals surface area (Å²) >= 11 is 6.17. The first-order valence-electron chi connectivity index (χ1n) is 5.40. The number of methoxy groups -OCH3 is 1. The van der Waals surface area contributed by atoms with E-state index in [1.54, 1.807) is 7.11 Å². The third kappa shape index (κ3) is 2.27. The van der Waals surface area contributed by atoms with Gasteiger partial charge in [-0.1, -0.05) is 29.8 Å². The van der Waals surface area contributed by atoms with Crippen LogP contribution in [0.25, 0.3) is 11.3 Å². The summed E-state index contributed by atoms with van der Waals surface area (Å²) in [6.45, 7) is 4.04. The zero-order valence-electron chi connectivity index (χ0n) is 10.1. The van der Waals surface area contributed by atoms with Gasteiger partial charge in [-0.15, -0.1) is 0 Å². The predicted octanol–water partition coefficient (Wildman–Crippen LogP) is 4.03. The Morgan fingerprint density at radius 3 is 2.53 bits per heavy atom. The SMILES string of the molecule is COc1nc(-c2ccccc2Cl)cc(C)c1C. The summed E-state index contributed by atoms with van der Waals surface area (Å²) in [5, 5.41) is 0.699. The van der Waals surface area contributed by atoms with Crippen molar-refractivity contribution in [2.45, 2.75) is 13.8 Å². The van der Waals surface area contributed by atoms with Crippen LogP contribution in [0, 0.1) is 13.8 Å². The Labute approximate surface area is 106 Å². The molecule has 0 unspecified atom stereocenters. The molecular weight excluding hydrogens is 234 g/mol. The van der Waals surface area contributed by atoms with Crippen LogP contribution in [0.15, 0.2) is 30.3 Å². The number of rotatable bonds is 2. The molecule has 0 bridgehead atoms. The maximum atomic E-state index is 6.17. The maximum absolute atomic E-state index is 6.17. The first kappa shape index (κ1) is 11.9. The summed E-state index contributed by atoms with van der Waals surface area (Å²) in [7, 11) is 1.63. The Kier molecular flexibility index (Phi) is 3.34. The van der Waals surface area contributed by atoms with Gasteiger partial charge >= 0.3 is 0 Å². The zero-order valence-corrected chi connectivity index (χ0v) is 10.9. The van der Waals surface area contributed by atoms with Crippen molar-refractivity contribution >= 4 is 11.6 Å². The van der Waals surface area contributed by atoms with Crippen molar-refractivity contribution < 1.29 is 4.74 Å². The normalized spacial score (nSPS) is 10.4. The Hall–Kier alpha value is -1.54. The molecule has 0 aliphatic rings.